The van der Waals surface area contributed by atoms with Crippen LogP contribution < -0.4 is 5.73 Å². The Morgan fingerprint density at radius 1 is 1.27 bits per heavy atom. The van der Waals surface area contributed by atoms with E-state index in [0.717, 1.165) is 12.1 Å². The number of rotatable bonds is 1. The van der Waals surface area contributed by atoms with E-state index in [0.29, 0.717) is 17.7 Å². The fourth-order valence-electron chi connectivity index (χ4n) is 0.910. The fourth-order valence-corrected chi connectivity index (χ4v) is 0.910. The number of hydrogen-bond donors (Lipinski definition) is 1. The van der Waals surface area contributed by atoms with Crippen LogP contribution in [0.5, 0.6) is 0 Å². The zero-order chi connectivity index (χ0) is 8.43. The van der Waals surface area contributed by atoms with Gasteiger partial charge in [0.2, 0.25) is 0 Å². The van der Waals surface area contributed by atoms with E-state index in [9.17, 15) is 8.78 Å². The summed E-state index contributed by atoms with van der Waals surface area (Å²) in [6, 6.07) is 2.14. The van der Waals surface area contributed by atoms with Crippen LogP contribution in [0.15, 0.2) is 12.1 Å². The molecule has 0 aliphatic carbocycles. The van der Waals surface area contributed by atoms with Crippen LogP contribution in [0, 0.1) is 11.6 Å². The van der Waals surface area contributed by atoms with Crippen LogP contribution in [0.25, 0.3) is 0 Å². The van der Waals surface area contributed by atoms with Gasteiger partial charge in [-0.25, -0.2) is 8.78 Å². The molecule has 11 heavy (non-hydrogen) atoms. The first-order chi connectivity index (χ1) is 5.15. The number of halogens is 2. The average Bonchev–Trinajstić information content (AvgIpc) is 1.97. The first kappa shape index (κ1) is 7.98. The van der Waals surface area contributed by atoms with E-state index in [-0.39, 0.29) is 0 Å². The molecular weight excluding hydrogens is 148 g/mol. The van der Waals surface area contributed by atoms with Gasteiger partial charge in [-0.1, -0.05) is 6.92 Å². The lowest BCUT2D eigenvalue weighted by atomic mass is 10.1. The molecule has 3 heteroatoms. The monoisotopic (exact) mass is 157 g/mol. The quantitative estimate of drug-likeness (QED) is 0.621. The van der Waals surface area contributed by atoms with Gasteiger partial charge in [-0.3, -0.25) is 0 Å². The third-order valence-electron chi connectivity index (χ3n) is 1.56. The van der Waals surface area contributed by atoms with Crippen LogP contribution in [0.3, 0.4) is 0 Å². The molecule has 1 nitrogen and oxygen atoms in total. The highest BCUT2D eigenvalue weighted by Gasteiger charge is 2.04. The standard InChI is InChI=1S/C8H9F2N/c1-2-5-3-6(9)7(10)4-8(5)11/h3-4H,2,11H2,1H3. The van der Waals surface area contributed by atoms with Crippen LogP contribution in [0.4, 0.5) is 14.5 Å². The fraction of sp³-hybridized carbons (Fsp3) is 0.250. The van der Waals surface area contributed by atoms with Gasteiger partial charge in [0.25, 0.3) is 0 Å². The summed E-state index contributed by atoms with van der Waals surface area (Å²) in [5.74, 6) is -1.73. The van der Waals surface area contributed by atoms with Crippen molar-refractivity contribution >= 4 is 5.69 Å². The molecule has 0 aromatic heterocycles. The Hall–Kier alpha value is -1.12. The van der Waals surface area contributed by atoms with Crippen molar-refractivity contribution in [2.24, 2.45) is 0 Å². The zero-order valence-electron chi connectivity index (χ0n) is 6.20. The van der Waals surface area contributed by atoms with Gasteiger partial charge < -0.3 is 5.73 Å². The molecule has 0 heterocycles. The Labute approximate surface area is 63.8 Å². The molecule has 0 radical (unpaired) electrons. The molecule has 0 amide bonds. The number of hydrogen-bond acceptors (Lipinski definition) is 1. The molecule has 60 valence electrons. The molecule has 2 N–H and O–H groups in total. The molecule has 1 aromatic carbocycles. The third kappa shape index (κ3) is 1.48. The lowest BCUT2D eigenvalue weighted by Gasteiger charge is -2.02. The second kappa shape index (κ2) is 2.86. The van der Waals surface area contributed by atoms with Crippen molar-refractivity contribution in [2.75, 3.05) is 5.73 Å². The molecule has 0 bridgehead atoms. The Kier molecular flexibility index (Phi) is 2.08. The summed E-state index contributed by atoms with van der Waals surface area (Å²) in [6.45, 7) is 1.84. The molecule has 0 atom stereocenters. The van der Waals surface area contributed by atoms with Gasteiger partial charge in [-0.15, -0.1) is 0 Å². The maximum Gasteiger partial charge on any atom is 0.160 e. The number of aryl methyl sites for hydroxylation is 1. The molecule has 0 saturated heterocycles. The summed E-state index contributed by atoms with van der Waals surface area (Å²) in [6.07, 6.45) is 0.614. The van der Waals surface area contributed by atoms with Gasteiger partial charge in [0, 0.05) is 11.8 Å². The molecule has 0 fully saturated rings. The summed E-state index contributed by atoms with van der Waals surface area (Å²) in [4.78, 5) is 0. The van der Waals surface area contributed by atoms with E-state index in [1.165, 1.54) is 0 Å². The minimum Gasteiger partial charge on any atom is -0.398 e. The molecule has 0 aliphatic rings. The van der Waals surface area contributed by atoms with E-state index in [2.05, 4.69) is 0 Å². The van der Waals surface area contributed by atoms with Gasteiger partial charge in [-0.2, -0.15) is 0 Å². The van der Waals surface area contributed by atoms with Crippen LogP contribution in [-0.2, 0) is 6.42 Å². The molecule has 1 rings (SSSR count). The normalized spacial score (nSPS) is 10.1. The Balaban J connectivity index is 3.21. The maximum atomic E-state index is 12.5. The number of benzene rings is 1. The summed E-state index contributed by atoms with van der Waals surface area (Å²) < 4.78 is 25.0. The number of anilines is 1. The minimum absolute atomic E-state index is 0.311. The number of nitrogens with two attached hydrogens (primary N) is 1. The Morgan fingerprint density at radius 2 is 1.82 bits per heavy atom. The molecule has 0 saturated carbocycles. The average molecular weight is 157 g/mol. The molecule has 1 aromatic rings. The van der Waals surface area contributed by atoms with Crippen LogP contribution in [-0.4, -0.2) is 0 Å². The van der Waals surface area contributed by atoms with Gasteiger partial charge in [0.15, 0.2) is 11.6 Å². The topological polar surface area (TPSA) is 26.0 Å². The van der Waals surface area contributed by atoms with E-state index in [1.54, 1.807) is 0 Å². The van der Waals surface area contributed by atoms with Crippen molar-refractivity contribution < 1.29 is 8.78 Å². The smallest absolute Gasteiger partial charge is 0.160 e. The molecule has 0 spiro atoms. The lowest BCUT2D eigenvalue weighted by molar-refractivity contribution is 0.508. The van der Waals surface area contributed by atoms with Gasteiger partial charge in [0.05, 0.1) is 0 Å². The first-order valence-electron chi connectivity index (χ1n) is 3.38. The maximum absolute atomic E-state index is 12.5. The first-order valence-corrected chi connectivity index (χ1v) is 3.38. The number of nitrogen functional groups attached to an aromatic ring is 1. The summed E-state index contributed by atoms with van der Waals surface area (Å²) in [5.41, 5.74) is 6.35. The lowest BCUT2D eigenvalue weighted by Crippen LogP contribution is -1.96. The summed E-state index contributed by atoms with van der Waals surface area (Å²) >= 11 is 0. The summed E-state index contributed by atoms with van der Waals surface area (Å²) in [7, 11) is 0. The van der Waals surface area contributed by atoms with E-state index < -0.39 is 11.6 Å². The summed E-state index contributed by atoms with van der Waals surface area (Å²) in [5, 5.41) is 0. The van der Waals surface area contributed by atoms with Crippen LogP contribution in [0.2, 0.25) is 0 Å². The SMILES string of the molecule is CCc1cc(F)c(F)cc1N. The molecule has 0 unspecified atom stereocenters. The van der Waals surface area contributed by atoms with Gasteiger partial charge in [0.1, 0.15) is 0 Å². The van der Waals surface area contributed by atoms with Crippen molar-refractivity contribution in [1.29, 1.82) is 0 Å². The van der Waals surface area contributed by atoms with Crippen molar-refractivity contribution in [3.05, 3.63) is 29.3 Å². The van der Waals surface area contributed by atoms with Gasteiger partial charge in [-0.05, 0) is 18.1 Å². The zero-order valence-corrected chi connectivity index (χ0v) is 6.20. The van der Waals surface area contributed by atoms with Gasteiger partial charge >= 0.3 is 0 Å². The largest absolute Gasteiger partial charge is 0.398 e. The minimum atomic E-state index is -0.889. The van der Waals surface area contributed by atoms with E-state index >= 15 is 0 Å². The third-order valence-corrected chi connectivity index (χ3v) is 1.56. The van der Waals surface area contributed by atoms with Crippen molar-refractivity contribution in [3.63, 3.8) is 0 Å². The van der Waals surface area contributed by atoms with Crippen molar-refractivity contribution in [3.8, 4) is 0 Å². The van der Waals surface area contributed by atoms with E-state index in [1.807, 2.05) is 6.92 Å². The van der Waals surface area contributed by atoms with Crippen molar-refractivity contribution in [1.82, 2.24) is 0 Å². The molecular formula is C8H9F2N. The predicted molar refractivity (Wildman–Crippen MR) is 40.1 cm³/mol. The highest BCUT2D eigenvalue weighted by atomic mass is 19.2. The predicted octanol–water partition coefficient (Wildman–Crippen LogP) is 2.11. The van der Waals surface area contributed by atoms with Crippen LogP contribution in [0.1, 0.15) is 12.5 Å². The second-order valence-electron chi connectivity index (χ2n) is 2.32. The van der Waals surface area contributed by atoms with Crippen molar-refractivity contribution in [2.45, 2.75) is 13.3 Å². The Bertz CT molecular complexity index is 271. The highest BCUT2D eigenvalue weighted by molar-refractivity contribution is 5.47. The second-order valence-corrected chi connectivity index (χ2v) is 2.32. The molecule has 0 aliphatic heterocycles. The van der Waals surface area contributed by atoms with E-state index in [4.69, 9.17) is 5.73 Å². The Morgan fingerprint density at radius 3 is 2.36 bits per heavy atom. The van der Waals surface area contributed by atoms with Crippen LogP contribution >= 0.6 is 0 Å². The highest BCUT2D eigenvalue weighted by Crippen LogP contribution is 2.16.